The number of rotatable bonds is 5. The first-order valence-corrected chi connectivity index (χ1v) is 10.1. The first kappa shape index (κ1) is 20.4. The summed E-state index contributed by atoms with van der Waals surface area (Å²) in [5, 5.41) is 11.6. The second-order valence-corrected chi connectivity index (χ2v) is 7.93. The SMILES string of the molecule is COCCN1C(=O)C(=O)/C(=C(/O)c2ccc3c(c2)C[C@@H](C)O3)[C@H]1c1cccc(Cl)c1. The number of Topliss-reactive ketones (excluding diaryl/α,β-unsaturated/α-hetero) is 1. The minimum absolute atomic E-state index is 0.0466. The van der Waals surface area contributed by atoms with Crippen LogP contribution in [0.25, 0.3) is 5.76 Å². The van der Waals surface area contributed by atoms with Crippen LogP contribution < -0.4 is 4.74 Å². The van der Waals surface area contributed by atoms with Crippen LogP contribution in [-0.2, 0) is 20.7 Å². The van der Waals surface area contributed by atoms with Gasteiger partial charge in [0.2, 0.25) is 0 Å². The van der Waals surface area contributed by atoms with E-state index in [4.69, 9.17) is 21.1 Å². The zero-order valence-electron chi connectivity index (χ0n) is 16.7. The van der Waals surface area contributed by atoms with E-state index in [0.29, 0.717) is 16.1 Å². The Hall–Kier alpha value is -2.83. The molecule has 0 spiro atoms. The molecule has 0 unspecified atom stereocenters. The molecule has 2 atom stereocenters. The van der Waals surface area contributed by atoms with Crippen LogP contribution in [0.1, 0.15) is 29.7 Å². The van der Waals surface area contributed by atoms with Gasteiger partial charge in [0.1, 0.15) is 17.6 Å². The number of aliphatic hydroxyl groups excluding tert-OH is 1. The monoisotopic (exact) mass is 427 g/mol. The van der Waals surface area contributed by atoms with Crippen LogP contribution in [0.3, 0.4) is 0 Å². The van der Waals surface area contributed by atoms with Gasteiger partial charge in [-0.25, -0.2) is 0 Å². The van der Waals surface area contributed by atoms with Crippen molar-refractivity contribution in [2.45, 2.75) is 25.5 Å². The molecular formula is C23H22ClNO5. The highest BCUT2D eigenvalue weighted by atomic mass is 35.5. The first-order valence-electron chi connectivity index (χ1n) is 9.73. The number of ether oxygens (including phenoxy) is 2. The van der Waals surface area contributed by atoms with E-state index in [1.807, 2.05) is 13.0 Å². The number of hydrogen-bond acceptors (Lipinski definition) is 5. The standard InChI is InChI=1S/C23H22ClNO5/c1-13-10-16-11-15(6-7-18(16)30-13)21(26)19-20(14-4-3-5-17(24)12-14)25(8-9-29-2)23(28)22(19)27/h3-7,11-13,20,26H,8-10H2,1-2H3/b21-19+/t13-,20-/m1/s1. The summed E-state index contributed by atoms with van der Waals surface area (Å²) < 4.78 is 10.8. The van der Waals surface area contributed by atoms with Gasteiger partial charge in [-0.2, -0.15) is 0 Å². The van der Waals surface area contributed by atoms with Gasteiger partial charge in [-0.1, -0.05) is 23.7 Å². The molecule has 156 valence electrons. The van der Waals surface area contributed by atoms with Crippen LogP contribution in [0.15, 0.2) is 48.0 Å². The summed E-state index contributed by atoms with van der Waals surface area (Å²) in [6.45, 7) is 2.45. The number of likely N-dealkylation sites (tertiary alicyclic amines) is 1. The molecule has 1 N–H and O–H groups in total. The zero-order valence-corrected chi connectivity index (χ0v) is 17.5. The molecule has 0 saturated carbocycles. The average molecular weight is 428 g/mol. The van der Waals surface area contributed by atoms with Crippen LogP contribution in [0.5, 0.6) is 5.75 Å². The third-order valence-electron chi connectivity index (χ3n) is 5.41. The van der Waals surface area contributed by atoms with Crippen LogP contribution in [0.2, 0.25) is 5.02 Å². The second-order valence-electron chi connectivity index (χ2n) is 7.50. The highest BCUT2D eigenvalue weighted by Crippen LogP contribution is 2.40. The quantitative estimate of drug-likeness (QED) is 0.447. The Labute approximate surface area is 179 Å². The molecule has 2 aromatic carbocycles. The highest BCUT2D eigenvalue weighted by molar-refractivity contribution is 6.46. The van der Waals surface area contributed by atoms with Gasteiger partial charge in [0.05, 0.1) is 18.2 Å². The van der Waals surface area contributed by atoms with Crippen molar-refractivity contribution in [2.24, 2.45) is 0 Å². The molecule has 1 saturated heterocycles. The number of benzene rings is 2. The number of carbonyl (C=O) groups is 2. The summed E-state index contributed by atoms with van der Waals surface area (Å²) in [5.74, 6) is -0.832. The van der Waals surface area contributed by atoms with Crippen LogP contribution >= 0.6 is 11.6 Å². The van der Waals surface area contributed by atoms with E-state index in [1.54, 1.807) is 36.4 Å². The van der Waals surface area contributed by atoms with E-state index in [2.05, 4.69) is 0 Å². The molecular weight excluding hydrogens is 406 g/mol. The molecule has 2 aliphatic rings. The fourth-order valence-electron chi connectivity index (χ4n) is 4.05. The molecule has 0 bridgehead atoms. The van der Waals surface area contributed by atoms with Gasteiger partial charge in [-0.05, 0) is 48.4 Å². The summed E-state index contributed by atoms with van der Waals surface area (Å²) in [4.78, 5) is 27.1. The van der Waals surface area contributed by atoms with Crippen molar-refractivity contribution in [2.75, 3.05) is 20.3 Å². The zero-order chi connectivity index (χ0) is 21.4. The molecule has 1 fully saturated rings. The molecule has 1 amide bonds. The Morgan fingerprint density at radius 3 is 2.80 bits per heavy atom. The number of amides is 1. The van der Waals surface area contributed by atoms with Gasteiger partial charge < -0.3 is 19.5 Å². The summed E-state index contributed by atoms with van der Waals surface area (Å²) in [5.41, 5.74) is 2.13. The topological polar surface area (TPSA) is 76.1 Å². The molecule has 7 heteroatoms. The average Bonchev–Trinajstić information content (AvgIpc) is 3.22. The summed E-state index contributed by atoms with van der Waals surface area (Å²) in [6, 6.07) is 11.5. The maximum absolute atomic E-state index is 12.9. The maximum atomic E-state index is 12.9. The molecule has 2 aliphatic heterocycles. The predicted molar refractivity (Wildman–Crippen MR) is 113 cm³/mol. The summed E-state index contributed by atoms with van der Waals surface area (Å²) >= 11 is 6.16. The van der Waals surface area contributed by atoms with Gasteiger partial charge in [0.15, 0.2) is 0 Å². The minimum Gasteiger partial charge on any atom is -0.507 e. The predicted octanol–water partition coefficient (Wildman–Crippen LogP) is 3.73. The molecule has 0 aromatic heterocycles. The number of carbonyl (C=O) groups excluding carboxylic acids is 2. The smallest absolute Gasteiger partial charge is 0.295 e. The van der Waals surface area contributed by atoms with Gasteiger partial charge in [-0.15, -0.1) is 0 Å². The second kappa shape index (κ2) is 8.13. The molecule has 30 heavy (non-hydrogen) atoms. The molecule has 0 aliphatic carbocycles. The summed E-state index contributed by atoms with van der Waals surface area (Å²) in [6.07, 6.45) is 0.777. The number of fused-ring (bicyclic) bond motifs is 1. The fraction of sp³-hybridized carbons (Fsp3) is 0.304. The first-order chi connectivity index (χ1) is 14.4. The number of methoxy groups -OCH3 is 1. The van der Waals surface area contributed by atoms with E-state index in [9.17, 15) is 14.7 Å². The van der Waals surface area contributed by atoms with E-state index in [-0.39, 0.29) is 30.6 Å². The number of aliphatic hydroxyl groups is 1. The number of hydrogen-bond donors (Lipinski definition) is 1. The highest BCUT2D eigenvalue weighted by Gasteiger charge is 2.46. The van der Waals surface area contributed by atoms with Crippen molar-refractivity contribution < 1.29 is 24.2 Å². The van der Waals surface area contributed by atoms with Gasteiger partial charge in [-0.3, -0.25) is 9.59 Å². The van der Waals surface area contributed by atoms with Crippen molar-refractivity contribution in [3.63, 3.8) is 0 Å². The van der Waals surface area contributed by atoms with E-state index in [0.717, 1.165) is 17.7 Å². The summed E-state index contributed by atoms with van der Waals surface area (Å²) in [7, 11) is 1.53. The third-order valence-corrected chi connectivity index (χ3v) is 5.65. The number of nitrogens with zero attached hydrogens (tertiary/aromatic N) is 1. The van der Waals surface area contributed by atoms with Crippen molar-refractivity contribution in [3.05, 3.63) is 69.8 Å². The largest absolute Gasteiger partial charge is 0.507 e. The normalized spacial score (nSPS) is 22.3. The van der Waals surface area contributed by atoms with Gasteiger partial charge in [0, 0.05) is 30.7 Å². The van der Waals surface area contributed by atoms with E-state index < -0.39 is 17.7 Å². The minimum atomic E-state index is -0.748. The van der Waals surface area contributed by atoms with Gasteiger partial charge >= 0.3 is 0 Å². The third kappa shape index (κ3) is 3.57. The Morgan fingerprint density at radius 1 is 1.27 bits per heavy atom. The molecule has 6 nitrogen and oxygen atoms in total. The van der Waals surface area contributed by atoms with Crippen LogP contribution in [-0.4, -0.2) is 48.1 Å². The van der Waals surface area contributed by atoms with Crippen LogP contribution in [0.4, 0.5) is 0 Å². The Bertz CT molecular complexity index is 1050. The van der Waals surface area contributed by atoms with E-state index in [1.165, 1.54) is 12.0 Å². The Balaban J connectivity index is 1.83. The van der Waals surface area contributed by atoms with Crippen molar-refractivity contribution in [3.8, 4) is 5.75 Å². The lowest BCUT2D eigenvalue weighted by Crippen LogP contribution is -2.32. The van der Waals surface area contributed by atoms with Crippen LogP contribution in [0, 0.1) is 0 Å². The van der Waals surface area contributed by atoms with Crippen molar-refractivity contribution in [1.82, 2.24) is 4.90 Å². The van der Waals surface area contributed by atoms with Crippen molar-refractivity contribution in [1.29, 1.82) is 0 Å². The fourth-order valence-corrected chi connectivity index (χ4v) is 4.25. The lowest BCUT2D eigenvalue weighted by molar-refractivity contribution is -0.140. The number of ketones is 1. The lowest BCUT2D eigenvalue weighted by atomic mass is 9.94. The van der Waals surface area contributed by atoms with Gasteiger partial charge in [0.25, 0.3) is 11.7 Å². The maximum Gasteiger partial charge on any atom is 0.295 e. The molecule has 2 heterocycles. The van der Waals surface area contributed by atoms with E-state index >= 15 is 0 Å². The molecule has 4 rings (SSSR count). The molecule has 2 aromatic rings. The Morgan fingerprint density at radius 2 is 2.07 bits per heavy atom. The molecule has 0 radical (unpaired) electrons. The lowest BCUT2D eigenvalue weighted by Gasteiger charge is -2.25. The Kier molecular flexibility index (Phi) is 5.54. The number of halogens is 1. The van der Waals surface area contributed by atoms with Crippen molar-refractivity contribution >= 4 is 29.1 Å².